The number of fused-ring (bicyclic) bond motifs is 1. The second-order valence-corrected chi connectivity index (χ2v) is 7.63. The van der Waals surface area contributed by atoms with E-state index in [1.54, 1.807) is 12.4 Å². The lowest BCUT2D eigenvalue weighted by molar-refractivity contribution is -0.142. The quantitative estimate of drug-likeness (QED) is 0.566. The molecule has 0 spiro atoms. The molecule has 0 saturated carbocycles. The van der Waals surface area contributed by atoms with Crippen molar-refractivity contribution in [2.75, 3.05) is 0 Å². The zero-order valence-electron chi connectivity index (χ0n) is 16.9. The highest BCUT2D eigenvalue weighted by molar-refractivity contribution is 5.75. The van der Waals surface area contributed by atoms with E-state index in [0.717, 1.165) is 36.9 Å². The molecular formula is C25H26N2O3. The third-order valence-electron chi connectivity index (χ3n) is 5.39. The summed E-state index contributed by atoms with van der Waals surface area (Å²) < 4.78 is 7.83. The Balaban J connectivity index is 1.39. The lowest BCUT2D eigenvalue weighted by Crippen LogP contribution is -2.25. The molecule has 0 saturated heterocycles. The molecule has 0 bridgehead atoms. The van der Waals surface area contributed by atoms with Gasteiger partial charge in [0.25, 0.3) is 0 Å². The molecule has 1 aliphatic carbocycles. The molecule has 1 aliphatic rings. The largest absolute Gasteiger partial charge is 0.478 e. The van der Waals surface area contributed by atoms with Gasteiger partial charge >= 0.3 is 5.97 Å². The van der Waals surface area contributed by atoms with Crippen LogP contribution in [0.1, 0.15) is 35.2 Å². The number of imidazole rings is 1. The van der Waals surface area contributed by atoms with Crippen LogP contribution in [0.15, 0.2) is 73.2 Å². The molecule has 1 heterocycles. The highest BCUT2D eigenvalue weighted by atomic mass is 16.5. The average molecular weight is 402 g/mol. The van der Waals surface area contributed by atoms with Crippen LogP contribution in [-0.4, -0.2) is 26.7 Å². The van der Waals surface area contributed by atoms with Crippen molar-refractivity contribution < 1.29 is 14.6 Å². The number of aliphatic carboxylic acids is 1. The molecule has 1 aromatic heterocycles. The van der Waals surface area contributed by atoms with Gasteiger partial charge in [0.1, 0.15) is 5.75 Å². The number of carboxylic acids is 1. The Kier molecular flexibility index (Phi) is 6.28. The van der Waals surface area contributed by atoms with Crippen LogP contribution in [-0.2, 0) is 30.6 Å². The summed E-state index contributed by atoms with van der Waals surface area (Å²) in [4.78, 5) is 16.2. The van der Waals surface area contributed by atoms with Crippen LogP contribution in [0.4, 0.5) is 0 Å². The Morgan fingerprint density at radius 2 is 1.97 bits per heavy atom. The van der Waals surface area contributed by atoms with Crippen molar-refractivity contribution in [3.63, 3.8) is 0 Å². The Morgan fingerprint density at radius 3 is 2.80 bits per heavy atom. The van der Waals surface area contributed by atoms with Gasteiger partial charge in [0.2, 0.25) is 6.10 Å². The number of nitrogens with zero attached hydrogens (tertiary/aromatic N) is 2. The van der Waals surface area contributed by atoms with Crippen molar-refractivity contribution in [1.29, 1.82) is 0 Å². The minimum absolute atomic E-state index is 0.543. The highest BCUT2D eigenvalue weighted by Gasteiger charge is 2.20. The number of hydrogen-bond donors (Lipinski definition) is 1. The van der Waals surface area contributed by atoms with Gasteiger partial charge in [-0.2, -0.15) is 0 Å². The van der Waals surface area contributed by atoms with E-state index < -0.39 is 12.1 Å². The first-order valence-electron chi connectivity index (χ1n) is 10.4. The molecule has 4 rings (SSSR count). The molecule has 0 radical (unpaired) electrons. The van der Waals surface area contributed by atoms with Gasteiger partial charge in [0.05, 0.1) is 12.0 Å². The summed E-state index contributed by atoms with van der Waals surface area (Å²) in [6.45, 7) is 0.543. The maximum absolute atomic E-state index is 11.7. The molecule has 1 atom stereocenters. The maximum Gasteiger partial charge on any atom is 0.349 e. The fourth-order valence-corrected chi connectivity index (χ4v) is 3.87. The molecule has 0 amide bonds. The second kappa shape index (κ2) is 9.44. The SMILES string of the molecule is O=C(O)C(C=CCn1cnc(Cc2ccccc2)c1)Oc1cccc2c1CCCC2. The summed E-state index contributed by atoms with van der Waals surface area (Å²) >= 11 is 0. The summed E-state index contributed by atoms with van der Waals surface area (Å²) in [5.41, 5.74) is 4.63. The molecule has 1 unspecified atom stereocenters. The van der Waals surface area contributed by atoms with Crippen LogP contribution in [0, 0.1) is 0 Å². The second-order valence-electron chi connectivity index (χ2n) is 7.63. The Morgan fingerprint density at radius 1 is 1.13 bits per heavy atom. The zero-order valence-corrected chi connectivity index (χ0v) is 16.9. The zero-order chi connectivity index (χ0) is 20.8. The molecule has 5 nitrogen and oxygen atoms in total. The molecule has 30 heavy (non-hydrogen) atoms. The van der Waals surface area contributed by atoms with E-state index in [0.29, 0.717) is 12.3 Å². The first kappa shape index (κ1) is 20.0. The van der Waals surface area contributed by atoms with E-state index in [2.05, 4.69) is 23.2 Å². The van der Waals surface area contributed by atoms with Gasteiger partial charge in [0.15, 0.2) is 0 Å². The highest BCUT2D eigenvalue weighted by Crippen LogP contribution is 2.30. The van der Waals surface area contributed by atoms with Crippen molar-refractivity contribution in [3.05, 3.63) is 95.6 Å². The van der Waals surface area contributed by atoms with E-state index >= 15 is 0 Å². The fraction of sp³-hybridized carbons (Fsp3) is 0.280. The number of aromatic nitrogens is 2. The van der Waals surface area contributed by atoms with Crippen LogP contribution in [0.5, 0.6) is 5.75 Å². The molecule has 0 fully saturated rings. The normalized spacial score (nSPS) is 14.4. The van der Waals surface area contributed by atoms with Crippen LogP contribution < -0.4 is 4.74 Å². The van der Waals surface area contributed by atoms with Gasteiger partial charge in [-0.15, -0.1) is 0 Å². The first-order valence-corrected chi connectivity index (χ1v) is 10.4. The lowest BCUT2D eigenvalue weighted by Gasteiger charge is -2.21. The molecule has 1 N–H and O–H groups in total. The van der Waals surface area contributed by atoms with E-state index in [4.69, 9.17) is 4.74 Å². The van der Waals surface area contributed by atoms with Crippen LogP contribution in [0.3, 0.4) is 0 Å². The van der Waals surface area contributed by atoms with Crippen molar-refractivity contribution in [2.45, 2.75) is 44.8 Å². The maximum atomic E-state index is 11.7. The third-order valence-corrected chi connectivity index (χ3v) is 5.39. The average Bonchev–Trinajstić information content (AvgIpc) is 3.21. The number of ether oxygens (including phenoxy) is 1. The van der Waals surface area contributed by atoms with Crippen molar-refractivity contribution >= 4 is 5.97 Å². The van der Waals surface area contributed by atoms with Gasteiger partial charge in [-0.25, -0.2) is 9.78 Å². The molecule has 0 aliphatic heterocycles. The molecule has 154 valence electrons. The summed E-state index contributed by atoms with van der Waals surface area (Å²) in [7, 11) is 0. The lowest BCUT2D eigenvalue weighted by atomic mass is 9.91. The standard InChI is InChI=1S/C25H26N2O3/c28-25(29)24(30-23-13-6-11-20-10-4-5-12-22(20)23)14-7-15-27-17-21(26-18-27)16-19-8-2-1-3-9-19/h1-3,6-9,11,13-14,17-18,24H,4-5,10,12,15-16H2,(H,28,29). The van der Waals surface area contributed by atoms with Crippen LogP contribution >= 0.6 is 0 Å². The van der Waals surface area contributed by atoms with Gasteiger partial charge < -0.3 is 14.4 Å². The minimum Gasteiger partial charge on any atom is -0.478 e. The molecular weight excluding hydrogens is 376 g/mol. The van der Waals surface area contributed by atoms with Gasteiger partial charge in [-0.05, 0) is 54.5 Å². The molecule has 2 aromatic carbocycles. The fourth-order valence-electron chi connectivity index (χ4n) is 3.87. The molecule has 3 aromatic rings. The van der Waals surface area contributed by atoms with Crippen molar-refractivity contribution in [1.82, 2.24) is 9.55 Å². The van der Waals surface area contributed by atoms with E-state index in [-0.39, 0.29) is 0 Å². The van der Waals surface area contributed by atoms with E-state index in [9.17, 15) is 9.90 Å². The number of benzene rings is 2. The van der Waals surface area contributed by atoms with Crippen molar-refractivity contribution in [2.24, 2.45) is 0 Å². The van der Waals surface area contributed by atoms with Gasteiger partial charge in [0, 0.05) is 19.2 Å². The van der Waals surface area contributed by atoms with Gasteiger partial charge in [-0.3, -0.25) is 0 Å². The number of carbonyl (C=O) groups is 1. The topological polar surface area (TPSA) is 64.3 Å². The summed E-state index contributed by atoms with van der Waals surface area (Å²) in [6, 6.07) is 16.1. The monoisotopic (exact) mass is 402 g/mol. The number of aryl methyl sites for hydroxylation is 1. The number of allylic oxidation sites excluding steroid dienone is 1. The number of carboxylic acid groups (broad SMARTS) is 1. The summed E-state index contributed by atoms with van der Waals surface area (Å²) in [6.07, 6.45) is 11.2. The van der Waals surface area contributed by atoms with E-state index in [1.807, 2.05) is 47.2 Å². The number of rotatable bonds is 8. The number of hydrogen-bond acceptors (Lipinski definition) is 3. The summed E-state index contributed by atoms with van der Waals surface area (Å²) in [5, 5.41) is 9.61. The summed E-state index contributed by atoms with van der Waals surface area (Å²) in [5.74, 6) is -0.299. The minimum atomic E-state index is -1.01. The third kappa shape index (κ3) is 4.98. The van der Waals surface area contributed by atoms with Crippen LogP contribution in [0.25, 0.3) is 0 Å². The molecule has 5 heteroatoms. The van der Waals surface area contributed by atoms with Gasteiger partial charge in [-0.1, -0.05) is 48.5 Å². The first-order chi connectivity index (χ1) is 14.7. The Bertz CT molecular complexity index is 1020. The van der Waals surface area contributed by atoms with Crippen molar-refractivity contribution in [3.8, 4) is 5.75 Å². The Labute approximate surface area is 176 Å². The van der Waals surface area contributed by atoms with E-state index in [1.165, 1.54) is 17.5 Å². The predicted molar refractivity (Wildman–Crippen MR) is 116 cm³/mol. The predicted octanol–water partition coefficient (Wildman–Crippen LogP) is 4.44. The smallest absolute Gasteiger partial charge is 0.349 e. The van der Waals surface area contributed by atoms with Crippen LogP contribution in [0.2, 0.25) is 0 Å². The Hall–Kier alpha value is -3.34.